The number of nitrogens with zero attached hydrogens (tertiary/aromatic N) is 3. The third-order valence-corrected chi connectivity index (χ3v) is 5.63. The molecule has 0 aromatic carbocycles. The number of methoxy groups -OCH3 is 1. The fourth-order valence-electron chi connectivity index (χ4n) is 3.45. The largest absolute Gasteiger partial charge is 0.383 e. The van der Waals surface area contributed by atoms with Crippen LogP contribution in [0.5, 0.6) is 0 Å². The number of rotatable bonds is 6. The molecular formula is C17H25N3O3S. The summed E-state index contributed by atoms with van der Waals surface area (Å²) >= 11 is 1.50. The SMILES string of the molecule is COCCN1C[C@@H](CN2CCN(C(=O)c3cccs3)CC2)CC1=O. The minimum absolute atomic E-state index is 0.145. The van der Waals surface area contributed by atoms with Crippen LogP contribution in [0, 0.1) is 5.92 Å². The maximum atomic E-state index is 12.4. The normalized spacial score (nSPS) is 22.4. The molecule has 0 radical (unpaired) electrons. The van der Waals surface area contributed by atoms with Gasteiger partial charge >= 0.3 is 0 Å². The van der Waals surface area contributed by atoms with E-state index in [1.54, 1.807) is 7.11 Å². The summed E-state index contributed by atoms with van der Waals surface area (Å²) in [5.41, 5.74) is 0. The Morgan fingerprint density at radius 3 is 2.79 bits per heavy atom. The summed E-state index contributed by atoms with van der Waals surface area (Å²) in [6.07, 6.45) is 0.637. The number of piperazine rings is 1. The van der Waals surface area contributed by atoms with Crippen molar-refractivity contribution in [2.45, 2.75) is 6.42 Å². The van der Waals surface area contributed by atoms with Crippen molar-refractivity contribution in [3.63, 3.8) is 0 Å². The van der Waals surface area contributed by atoms with Crippen LogP contribution < -0.4 is 0 Å². The maximum Gasteiger partial charge on any atom is 0.264 e. The van der Waals surface area contributed by atoms with Gasteiger partial charge in [0.05, 0.1) is 11.5 Å². The monoisotopic (exact) mass is 351 g/mol. The number of carbonyl (C=O) groups is 2. The van der Waals surface area contributed by atoms with Gasteiger partial charge in [-0.2, -0.15) is 0 Å². The highest BCUT2D eigenvalue weighted by molar-refractivity contribution is 7.12. The van der Waals surface area contributed by atoms with E-state index in [4.69, 9.17) is 4.74 Å². The van der Waals surface area contributed by atoms with E-state index in [-0.39, 0.29) is 11.8 Å². The van der Waals surface area contributed by atoms with Crippen LogP contribution in [-0.4, -0.2) is 86.0 Å². The van der Waals surface area contributed by atoms with Gasteiger partial charge in [0, 0.05) is 59.3 Å². The Balaban J connectivity index is 1.43. The Kier molecular flexibility index (Phi) is 5.86. The summed E-state index contributed by atoms with van der Waals surface area (Å²) in [5.74, 6) is 0.781. The average Bonchev–Trinajstić information content (AvgIpc) is 3.23. The van der Waals surface area contributed by atoms with E-state index in [1.807, 2.05) is 27.3 Å². The van der Waals surface area contributed by atoms with Crippen molar-refractivity contribution in [1.29, 1.82) is 0 Å². The second kappa shape index (κ2) is 8.09. The first kappa shape index (κ1) is 17.4. The van der Waals surface area contributed by atoms with Gasteiger partial charge in [0.1, 0.15) is 0 Å². The lowest BCUT2D eigenvalue weighted by molar-refractivity contribution is -0.128. The van der Waals surface area contributed by atoms with Crippen LogP contribution >= 0.6 is 11.3 Å². The first-order valence-corrected chi connectivity index (χ1v) is 9.37. The van der Waals surface area contributed by atoms with E-state index in [1.165, 1.54) is 11.3 Å². The van der Waals surface area contributed by atoms with Gasteiger partial charge in [-0.15, -0.1) is 11.3 Å². The predicted molar refractivity (Wildman–Crippen MR) is 93.2 cm³/mol. The van der Waals surface area contributed by atoms with Gasteiger partial charge in [0.15, 0.2) is 0 Å². The second-order valence-corrected chi connectivity index (χ2v) is 7.42. The van der Waals surface area contributed by atoms with Crippen LogP contribution in [0.4, 0.5) is 0 Å². The lowest BCUT2D eigenvalue weighted by atomic mass is 10.1. The maximum absolute atomic E-state index is 12.4. The molecule has 2 amide bonds. The molecular weight excluding hydrogens is 326 g/mol. The zero-order chi connectivity index (χ0) is 16.9. The molecule has 1 aromatic heterocycles. The molecule has 1 atom stereocenters. The molecule has 0 unspecified atom stereocenters. The van der Waals surface area contributed by atoms with Crippen LogP contribution in [-0.2, 0) is 9.53 Å². The number of hydrogen-bond donors (Lipinski definition) is 0. The number of thiophene rings is 1. The van der Waals surface area contributed by atoms with E-state index >= 15 is 0 Å². The summed E-state index contributed by atoms with van der Waals surface area (Å²) in [5, 5.41) is 1.94. The summed E-state index contributed by atoms with van der Waals surface area (Å²) in [7, 11) is 1.66. The fourth-order valence-corrected chi connectivity index (χ4v) is 4.14. The van der Waals surface area contributed by atoms with Crippen molar-refractivity contribution >= 4 is 23.2 Å². The Bertz CT molecular complexity index is 555. The topological polar surface area (TPSA) is 53.1 Å². The van der Waals surface area contributed by atoms with Crippen molar-refractivity contribution in [3.8, 4) is 0 Å². The predicted octanol–water partition coefficient (Wildman–Crippen LogP) is 1.00. The zero-order valence-electron chi connectivity index (χ0n) is 14.1. The lowest BCUT2D eigenvalue weighted by Gasteiger charge is -2.35. The van der Waals surface area contributed by atoms with Crippen molar-refractivity contribution in [2.24, 2.45) is 5.92 Å². The molecule has 3 rings (SSSR count). The van der Waals surface area contributed by atoms with E-state index in [0.29, 0.717) is 25.5 Å². The van der Waals surface area contributed by atoms with E-state index in [0.717, 1.165) is 44.1 Å². The molecule has 1 aromatic rings. The third kappa shape index (κ3) is 4.15. The van der Waals surface area contributed by atoms with Crippen LogP contribution in [0.1, 0.15) is 16.1 Å². The summed E-state index contributed by atoms with van der Waals surface area (Å²) in [6, 6.07) is 3.80. The smallest absolute Gasteiger partial charge is 0.264 e. The van der Waals surface area contributed by atoms with Crippen LogP contribution in [0.3, 0.4) is 0 Å². The Labute approximate surface area is 147 Å². The lowest BCUT2D eigenvalue weighted by Crippen LogP contribution is -2.49. The molecule has 7 heteroatoms. The second-order valence-electron chi connectivity index (χ2n) is 6.47. The summed E-state index contributed by atoms with van der Waals surface area (Å²) < 4.78 is 5.06. The van der Waals surface area contributed by atoms with Crippen molar-refractivity contribution in [2.75, 3.05) is 59.5 Å². The average molecular weight is 351 g/mol. The van der Waals surface area contributed by atoms with Gasteiger partial charge in [-0.25, -0.2) is 0 Å². The molecule has 0 bridgehead atoms. The molecule has 0 aliphatic carbocycles. The Morgan fingerprint density at radius 1 is 1.33 bits per heavy atom. The third-order valence-electron chi connectivity index (χ3n) is 4.77. The van der Waals surface area contributed by atoms with Gasteiger partial charge in [-0.1, -0.05) is 6.07 Å². The first-order valence-electron chi connectivity index (χ1n) is 8.49. The van der Waals surface area contributed by atoms with Crippen molar-refractivity contribution in [1.82, 2.24) is 14.7 Å². The Hall–Kier alpha value is -1.44. The van der Waals surface area contributed by atoms with Crippen LogP contribution in [0.2, 0.25) is 0 Å². The molecule has 6 nitrogen and oxygen atoms in total. The van der Waals surface area contributed by atoms with Crippen LogP contribution in [0.15, 0.2) is 17.5 Å². The molecule has 2 aliphatic rings. The van der Waals surface area contributed by atoms with Gasteiger partial charge in [0.25, 0.3) is 5.91 Å². The molecule has 24 heavy (non-hydrogen) atoms. The molecule has 3 heterocycles. The van der Waals surface area contributed by atoms with Gasteiger partial charge in [-0.3, -0.25) is 14.5 Å². The quantitative estimate of drug-likeness (QED) is 0.767. The van der Waals surface area contributed by atoms with E-state index < -0.39 is 0 Å². The molecule has 0 N–H and O–H groups in total. The van der Waals surface area contributed by atoms with E-state index in [2.05, 4.69) is 4.90 Å². The number of carbonyl (C=O) groups excluding carboxylic acids is 2. The van der Waals surface area contributed by atoms with Crippen molar-refractivity contribution in [3.05, 3.63) is 22.4 Å². The minimum atomic E-state index is 0.145. The van der Waals surface area contributed by atoms with Gasteiger partial charge in [-0.05, 0) is 17.4 Å². The summed E-state index contributed by atoms with van der Waals surface area (Å²) in [4.78, 5) is 31.4. The standard InChI is InChI=1S/C17H25N3O3S/c1-23-9-8-20-13-14(11-16(20)21)12-18-4-6-19(7-5-18)17(22)15-3-2-10-24-15/h2-3,10,14H,4-9,11-13H2,1H3/t14-/m1/s1. The highest BCUT2D eigenvalue weighted by Gasteiger charge is 2.31. The molecule has 0 spiro atoms. The minimum Gasteiger partial charge on any atom is -0.383 e. The molecule has 2 saturated heterocycles. The molecule has 2 aliphatic heterocycles. The first-order chi connectivity index (χ1) is 11.7. The summed E-state index contributed by atoms with van der Waals surface area (Å²) in [6.45, 7) is 6.37. The highest BCUT2D eigenvalue weighted by atomic mass is 32.1. The Morgan fingerprint density at radius 2 is 2.12 bits per heavy atom. The molecule has 2 fully saturated rings. The zero-order valence-corrected chi connectivity index (χ0v) is 15.0. The fraction of sp³-hybridized carbons (Fsp3) is 0.647. The van der Waals surface area contributed by atoms with Gasteiger partial charge in [0.2, 0.25) is 5.91 Å². The number of likely N-dealkylation sites (tertiary alicyclic amines) is 1. The molecule has 132 valence electrons. The number of hydrogen-bond acceptors (Lipinski definition) is 5. The number of amides is 2. The van der Waals surface area contributed by atoms with Gasteiger partial charge < -0.3 is 14.5 Å². The highest BCUT2D eigenvalue weighted by Crippen LogP contribution is 2.20. The van der Waals surface area contributed by atoms with E-state index in [9.17, 15) is 9.59 Å². The van der Waals surface area contributed by atoms with Crippen molar-refractivity contribution < 1.29 is 14.3 Å². The van der Waals surface area contributed by atoms with Crippen LogP contribution in [0.25, 0.3) is 0 Å². The number of ether oxygens (including phenoxy) is 1. The molecule has 0 saturated carbocycles.